The van der Waals surface area contributed by atoms with Crippen molar-refractivity contribution >= 4 is 28.7 Å². The van der Waals surface area contributed by atoms with Crippen molar-refractivity contribution in [2.24, 2.45) is 0 Å². The quantitative estimate of drug-likeness (QED) is 0.345. The highest BCUT2D eigenvalue weighted by Gasteiger charge is 2.22. The molecule has 2 N–H and O–H groups in total. The first-order valence-electron chi connectivity index (χ1n) is 11.9. The molecule has 0 atom stereocenters. The van der Waals surface area contributed by atoms with Crippen molar-refractivity contribution in [2.75, 3.05) is 53.8 Å². The summed E-state index contributed by atoms with van der Waals surface area (Å²) in [5, 5.41) is 3.20. The minimum atomic E-state index is -0.844. The number of amides is 2. The molecule has 38 heavy (non-hydrogen) atoms. The second kappa shape index (κ2) is 11.3. The molecule has 0 bridgehead atoms. The number of carbonyl (C=O) groups is 2. The van der Waals surface area contributed by atoms with Crippen LogP contribution in [0.25, 0.3) is 33.3 Å². The molecular formula is C28H30FN5O4. The number of halogens is 1. The standard InChI is InChI=1S/C28H30FN5O4/c1-33(2)10-11-38-28(36)32-25-21(27(35)34(3)4)12-17(14-23(25)29)18-13-20-22(16-31-26(20)30-15-18)19-8-6-7-9-24(19)37-5/h6-9,12-16H,10-11H2,1-5H3,(H,30,31)(H,32,36). The minimum Gasteiger partial charge on any atom is -0.496 e. The van der Waals surface area contributed by atoms with Crippen LogP contribution in [0.4, 0.5) is 14.9 Å². The summed E-state index contributed by atoms with van der Waals surface area (Å²) in [6.07, 6.45) is 2.60. The Morgan fingerprint density at radius 2 is 1.82 bits per heavy atom. The van der Waals surface area contributed by atoms with Crippen LogP contribution in [-0.4, -0.2) is 80.2 Å². The van der Waals surface area contributed by atoms with Gasteiger partial charge in [0.25, 0.3) is 5.91 Å². The normalized spacial score (nSPS) is 11.0. The van der Waals surface area contributed by atoms with Crippen LogP contribution in [0.3, 0.4) is 0 Å². The van der Waals surface area contributed by atoms with E-state index in [0.29, 0.717) is 29.1 Å². The van der Waals surface area contributed by atoms with Crippen molar-refractivity contribution in [3.8, 4) is 28.0 Å². The topological polar surface area (TPSA) is 99.8 Å². The van der Waals surface area contributed by atoms with Gasteiger partial charge in [0.15, 0.2) is 0 Å². The third-order valence-corrected chi connectivity index (χ3v) is 5.99. The van der Waals surface area contributed by atoms with Gasteiger partial charge in [-0.25, -0.2) is 14.2 Å². The van der Waals surface area contributed by atoms with Gasteiger partial charge in [0.1, 0.15) is 23.8 Å². The molecule has 0 fully saturated rings. The number of nitrogens with one attached hydrogen (secondary N) is 2. The highest BCUT2D eigenvalue weighted by Crippen LogP contribution is 2.37. The number of fused-ring (bicyclic) bond motifs is 1. The maximum absolute atomic E-state index is 15.4. The Bertz CT molecular complexity index is 1480. The number of nitrogens with zero attached hydrogens (tertiary/aromatic N) is 3. The van der Waals surface area contributed by atoms with Gasteiger partial charge in [-0.05, 0) is 43.9 Å². The summed E-state index contributed by atoms with van der Waals surface area (Å²) in [4.78, 5) is 36.1. The molecule has 0 saturated carbocycles. The number of carbonyl (C=O) groups excluding carboxylic acids is 2. The summed E-state index contributed by atoms with van der Waals surface area (Å²) < 4.78 is 26.1. The third-order valence-electron chi connectivity index (χ3n) is 5.99. The second-order valence-electron chi connectivity index (χ2n) is 9.17. The van der Waals surface area contributed by atoms with Gasteiger partial charge in [-0.3, -0.25) is 10.1 Å². The number of hydrogen-bond acceptors (Lipinski definition) is 6. The van der Waals surface area contributed by atoms with Crippen LogP contribution in [0.5, 0.6) is 5.75 Å². The van der Waals surface area contributed by atoms with Gasteiger partial charge >= 0.3 is 6.09 Å². The predicted molar refractivity (Wildman–Crippen MR) is 145 cm³/mol. The lowest BCUT2D eigenvalue weighted by Crippen LogP contribution is -2.26. The Labute approximate surface area is 220 Å². The fourth-order valence-electron chi connectivity index (χ4n) is 4.02. The molecule has 4 rings (SSSR count). The molecule has 2 amide bonds. The summed E-state index contributed by atoms with van der Waals surface area (Å²) in [5.41, 5.74) is 3.18. The Hall–Kier alpha value is -4.44. The molecule has 0 aliphatic heterocycles. The van der Waals surface area contributed by atoms with Crippen molar-refractivity contribution < 1.29 is 23.5 Å². The van der Waals surface area contributed by atoms with Crippen LogP contribution in [0.2, 0.25) is 0 Å². The molecular weight excluding hydrogens is 489 g/mol. The number of ether oxygens (including phenoxy) is 2. The number of methoxy groups -OCH3 is 1. The van der Waals surface area contributed by atoms with E-state index in [9.17, 15) is 9.59 Å². The molecule has 2 aromatic carbocycles. The maximum atomic E-state index is 15.4. The molecule has 2 aromatic heterocycles. The Morgan fingerprint density at radius 3 is 2.53 bits per heavy atom. The van der Waals surface area contributed by atoms with E-state index in [-0.39, 0.29) is 17.9 Å². The Morgan fingerprint density at radius 1 is 1.05 bits per heavy atom. The molecule has 4 aromatic rings. The van der Waals surface area contributed by atoms with Gasteiger partial charge in [0.05, 0.1) is 18.4 Å². The number of pyridine rings is 1. The number of aromatic amines is 1. The zero-order valence-electron chi connectivity index (χ0n) is 22.0. The van der Waals surface area contributed by atoms with Gasteiger partial charge in [-0.2, -0.15) is 0 Å². The molecule has 2 heterocycles. The van der Waals surface area contributed by atoms with Gasteiger partial charge in [-0.1, -0.05) is 18.2 Å². The van der Waals surface area contributed by atoms with E-state index < -0.39 is 17.8 Å². The summed E-state index contributed by atoms with van der Waals surface area (Å²) in [5.74, 6) is -0.535. The van der Waals surface area contributed by atoms with Crippen molar-refractivity contribution in [3.63, 3.8) is 0 Å². The van der Waals surface area contributed by atoms with Gasteiger partial charge in [0.2, 0.25) is 0 Å². The molecule has 198 valence electrons. The molecule has 0 aliphatic rings. The zero-order chi connectivity index (χ0) is 27.4. The predicted octanol–water partition coefficient (Wildman–Crippen LogP) is 4.86. The van der Waals surface area contributed by atoms with Crippen LogP contribution < -0.4 is 10.1 Å². The average molecular weight is 520 g/mol. The minimum absolute atomic E-state index is 0.00585. The molecule has 0 spiro atoms. The van der Waals surface area contributed by atoms with Crippen LogP contribution in [-0.2, 0) is 4.74 Å². The second-order valence-corrected chi connectivity index (χ2v) is 9.17. The third kappa shape index (κ3) is 5.60. The molecule has 9 nitrogen and oxygen atoms in total. The van der Waals surface area contributed by atoms with Crippen LogP contribution in [0.15, 0.2) is 54.9 Å². The van der Waals surface area contributed by atoms with Gasteiger partial charge in [0, 0.05) is 55.1 Å². The Balaban J connectivity index is 1.75. The highest BCUT2D eigenvalue weighted by atomic mass is 19.1. The van der Waals surface area contributed by atoms with Crippen molar-refractivity contribution in [2.45, 2.75) is 0 Å². The van der Waals surface area contributed by atoms with E-state index in [0.717, 1.165) is 16.5 Å². The van der Waals surface area contributed by atoms with Gasteiger partial charge < -0.3 is 24.3 Å². The average Bonchev–Trinajstić information content (AvgIpc) is 3.32. The van der Waals surface area contributed by atoms with Gasteiger partial charge in [-0.15, -0.1) is 0 Å². The lowest BCUT2D eigenvalue weighted by Gasteiger charge is -2.17. The van der Waals surface area contributed by atoms with E-state index in [4.69, 9.17) is 9.47 Å². The summed E-state index contributed by atoms with van der Waals surface area (Å²) >= 11 is 0. The van der Waals surface area contributed by atoms with E-state index in [1.54, 1.807) is 33.5 Å². The lowest BCUT2D eigenvalue weighted by molar-refractivity contribution is 0.0828. The van der Waals surface area contributed by atoms with Crippen molar-refractivity contribution in [1.82, 2.24) is 19.8 Å². The number of likely N-dealkylation sites (N-methyl/N-ethyl adjacent to an activating group) is 1. The first kappa shape index (κ1) is 26.6. The molecule has 0 saturated heterocycles. The number of para-hydroxylation sites is 1. The maximum Gasteiger partial charge on any atom is 0.411 e. The number of H-pyrrole nitrogens is 1. The van der Waals surface area contributed by atoms with E-state index >= 15 is 4.39 Å². The number of aromatic nitrogens is 2. The van der Waals surface area contributed by atoms with Crippen molar-refractivity contribution in [3.05, 3.63) is 66.2 Å². The number of rotatable bonds is 8. The molecule has 0 radical (unpaired) electrons. The summed E-state index contributed by atoms with van der Waals surface area (Å²) in [6.45, 7) is 0.621. The monoisotopic (exact) mass is 519 g/mol. The van der Waals surface area contributed by atoms with E-state index in [1.807, 2.05) is 55.5 Å². The first-order valence-corrected chi connectivity index (χ1v) is 11.9. The largest absolute Gasteiger partial charge is 0.496 e. The highest BCUT2D eigenvalue weighted by molar-refractivity contribution is 6.04. The van der Waals surface area contributed by atoms with Crippen LogP contribution in [0.1, 0.15) is 10.4 Å². The fraction of sp³-hybridized carbons (Fsp3) is 0.250. The van der Waals surface area contributed by atoms with E-state index in [1.165, 1.54) is 11.0 Å². The first-order chi connectivity index (χ1) is 18.2. The molecule has 10 heteroatoms. The summed E-state index contributed by atoms with van der Waals surface area (Å²) in [7, 11) is 8.40. The van der Waals surface area contributed by atoms with Crippen molar-refractivity contribution in [1.29, 1.82) is 0 Å². The van der Waals surface area contributed by atoms with E-state index in [2.05, 4.69) is 15.3 Å². The smallest absolute Gasteiger partial charge is 0.411 e. The van der Waals surface area contributed by atoms with Crippen LogP contribution in [0, 0.1) is 5.82 Å². The molecule has 0 aliphatic carbocycles. The number of hydrogen-bond donors (Lipinski definition) is 2. The molecule has 0 unspecified atom stereocenters. The SMILES string of the molecule is COc1ccccc1-c1c[nH]c2ncc(-c3cc(F)c(NC(=O)OCCN(C)C)c(C(=O)N(C)C)c3)cc12. The number of anilines is 1. The van der Waals surface area contributed by atoms with Crippen LogP contribution >= 0.6 is 0 Å². The zero-order valence-corrected chi connectivity index (χ0v) is 22.0. The summed E-state index contributed by atoms with van der Waals surface area (Å²) in [6, 6.07) is 12.3. The number of benzene rings is 2. The fourth-order valence-corrected chi connectivity index (χ4v) is 4.02. The Kier molecular flexibility index (Phi) is 7.92. The lowest BCUT2D eigenvalue weighted by atomic mass is 9.99.